The lowest BCUT2D eigenvalue weighted by molar-refractivity contribution is -0.282. The van der Waals surface area contributed by atoms with Crippen molar-refractivity contribution in [1.82, 2.24) is 74.6 Å². The zero-order valence-electron chi connectivity index (χ0n) is 74.5. The number of carbonyl (C=O) groups excluding carboxylic acids is 8. The van der Waals surface area contributed by atoms with E-state index in [2.05, 4.69) is 124 Å². The minimum absolute atomic E-state index is 0.0521. The van der Waals surface area contributed by atoms with E-state index in [9.17, 15) is 47.9 Å². The fraction of sp³-hybridized carbons (Fsp3) is 0.462. The molecule has 8 heterocycles. The molecule has 0 aliphatic heterocycles. The van der Waals surface area contributed by atoms with Gasteiger partial charge in [0.2, 0.25) is 6.41 Å². The van der Waals surface area contributed by atoms with Crippen molar-refractivity contribution in [2.24, 2.45) is 5.73 Å². The zero-order valence-corrected chi connectivity index (χ0v) is 84.5. The summed E-state index contributed by atoms with van der Waals surface area (Å²) < 4.78 is 54.7. The third-order valence-electron chi connectivity index (χ3n) is 13.0. The van der Waals surface area contributed by atoms with Crippen molar-refractivity contribution in [3.63, 3.8) is 0 Å². The number of rotatable bonds is 28. The summed E-state index contributed by atoms with van der Waals surface area (Å²) in [7, 11) is 10.8. The van der Waals surface area contributed by atoms with E-state index in [0.717, 1.165) is 45.9 Å². The van der Waals surface area contributed by atoms with Gasteiger partial charge in [-0.05, 0) is 178 Å². The molecule has 47 heteroatoms. The van der Waals surface area contributed by atoms with E-state index < -0.39 is 36.3 Å². The number of Topliss-reactive ketones (excluding diaryl/α,β-unsaturated/α-hetero) is 2. The van der Waals surface area contributed by atoms with Crippen LogP contribution in [0.1, 0.15) is 117 Å². The first kappa shape index (κ1) is 121. The second-order valence-electron chi connectivity index (χ2n) is 23.0. The first-order valence-corrected chi connectivity index (χ1v) is 46.8. The number of ether oxygens (including phenoxy) is 11. The number of halogens is 3. The first-order valence-electron chi connectivity index (χ1n) is 36.9. The molecular weight excluding hydrogens is 1990 g/mol. The second kappa shape index (κ2) is 72.7. The highest BCUT2D eigenvalue weighted by Gasteiger charge is 2.18. The third kappa shape index (κ3) is 55.2. The second-order valence-corrected chi connectivity index (χ2v) is 30.4. The number of hydrogen-bond donors (Lipinski definition) is 4. The van der Waals surface area contributed by atoms with Gasteiger partial charge >= 0.3 is 35.8 Å². The number of fused-ring (bicyclic) bond motifs is 3. The SMILES string of the molecule is CC(=O)OC(C)=O.CCO/C=C(/C(C)=O)C(=O)OCC.CCOC(=O)CC(C)=O.CCOC(=O)c1cnc(SC)nc1/C=C/N(C)C.CCOC(OCC)OCC.COC(OC)N(C)C.CSC(=N)N.CSc1ncc(COC(C)=O)c(C)n1.CSc1ncc2c(=O)[nH]cc(I)c2n1.CSc1ncc2c(=O)[nH]ccc2n1.CSc1ncc2c(Cl)ncc(I)c2n1. The van der Waals surface area contributed by atoms with Crippen LogP contribution in [-0.2, 0) is 92.3 Å². The maximum Gasteiger partial charge on any atom is 0.344 e. The van der Waals surface area contributed by atoms with Gasteiger partial charge in [0.15, 0.2) is 36.7 Å². The number of nitrogens with zero attached hydrogens (tertiary/aromatic N) is 13. The van der Waals surface area contributed by atoms with Crippen LogP contribution in [0.5, 0.6) is 0 Å². The summed E-state index contributed by atoms with van der Waals surface area (Å²) in [6.07, 6.45) is 28.7. The molecule has 0 saturated carbocycles. The molecular formula is C78H112ClI2N17O21S6. The Bertz CT molecular complexity index is 4770. The molecule has 125 heavy (non-hydrogen) atoms. The van der Waals surface area contributed by atoms with Crippen LogP contribution in [-0.4, -0.2) is 266 Å². The summed E-state index contributed by atoms with van der Waals surface area (Å²) in [5.74, 6) is -3.41. The fourth-order valence-corrected chi connectivity index (χ4v) is 10.7. The average Bonchev–Trinajstić information content (AvgIpc) is 0.811. The van der Waals surface area contributed by atoms with Crippen LogP contribution >= 0.6 is 127 Å². The normalized spacial score (nSPS) is 10.2. The largest absolute Gasteiger partial charge is 0.500 e. The fourth-order valence-electron chi connectivity index (χ4n) is 7.60. The Morgan fingerprint density at radius 3 is 1.47 bits per heavy atom. The quantitative estimate of drug-likeness (QED) is 0.00282. The van der Waals surface area contributed by atoms with Gasteiger partial charge in [0.05, 0.1) is 72.0 Å². The number of nitrogens with one attached hydrogen (secondary N) is 3. The maximum absolute atomic E-state index is 11.8. The molecule has 5 N–H and O–H groups in total. The van der Waals surface area contributed by atoms with Gasteiger partial charge in [0.25, 0.3) is 17.6 Å². The van der Waals surface area contributed by atoms with Crippen molar-refractivity contribution in [1.29, 1.82) is 5.41 Å². The molecule has 0 aromatic carbocycles. The highest BCUT2D eigenvalue weighted by molar-refractivity contribution is 14.1. The summed E-state index contributed by atoms with van der Waals surface area (Å²) in [4.78, 5) is 162. The molecule has 38 nitrogen and oxygen atoms in total. The summed E-state index contributed by atoms with van der Waals surface area (Å²) in [6, 6.07) is 1.76. The number of pyridine rings is 3. The first-order chi connectivity index (χ1) is 59.2. The van der Waals surface area contributed by atoms with Gasteiger partial charge in [-0.15, -0.1) is 0 Å². The number of hydrogen-bond acceptors (Lipinski definition) is 41. The molecule has 692 valence electrons. The van der Waals surface area contributed by atoms with E-state index >= 15 is 0 Å². The molecule has 0 spiro atoms. The van der Waals surface area contributed by atoms with Crippen LogP contribution in [0.3, 0.4) is 0 Å². The van der Waals surface area contributed by atoms with E-state index in [0.29, 0.717) is 93.3 Å². The molecule has 0 bridgehead atoms. The lowest BCUT2D eigenvalue weighted by atomic mass is 10.2. The van der Waals surface area contributed by atoms with Crippen LogP contribution in [0, 0.1) is 19.5 Å². The summed E-state index contributed by atoms with van der Waals surface area (Å²) in [5.41, 5.74) is 9.41. The smallest absolute Gasteiger partial charge is 0.344 e. The summed E-state index contributed by atoms with van der Waals surface area (Å²) in [6.45, 7) is 23.9. The molecule has 0 radical (unpaired) electrons. The molecule has 0 aliphatic rings. The van der Waals surface area contributed by atoms with Crippen molar-refractivity contribution in [2.75, 3.05) is 126 Å². The van der Waals surface area contributed by atoms with E-state index in [4.69, 9.17) is 60.6 Å². The van der Waals surface area contributed by atoms with E-state index in [-0.39, 0.29) is 65.4 Å². The van der Waals surface area contributed by atoms with Crippen molar-refractivity contribution in [3.05, 3.63) is 129 Å². The van der Waals surface area contributed by atoms with Gasteiger partial charge in [-0.2, -0.15) is 0 Å². The number of aryl methyl sites for hydroxylation is 1. The number of esters is 6. The Labute approximate surface area is 785 Å². The van der Waals surface area contributed by atoms with Crippen LogP contribution in [0.2, 0.25) is 5.15 Å². The van der Waals surface area contributed by atoms with Crippen molar-refractivity contribution >= 4 is 219 Å². The van der Waals surface area contributed by atoms with Gasteiger partial charge in [-0.1, -0.05) is 82.2 Å². The zero-order chi connectivity index (χ0) is 95.7. The highest BCUT2D eigenvalue weighted by atomic mass is 127. The van der Waals surface area contributed by atoms with Crippen LogP contribution < -0.4 is 16.9 Å². The number of thioether (sulfide) groups is 6. The van der Waals surface area contributed by atoms with Gasteiger partial charge in [0, 0.05) is 136 Å². The molecule has 0 atom stereocenters. The van der Waals surface area contributed by atoms with Crippen molar-refractivity contribution in [3.8, 4) is 0 Å². The number of aromatic amines is 2. The van der Waals surface area contributed by atoms with Gasteiger partial charge in [-0.25, -0.2) is 64.4 Å². The number of ketones is 2. The predicted molar refractivity (Wildman–Crippen MR) is 507 cm³/mol. The Balaban J connectivity index is -0.00000133. The Morgan fingerprint density at radius 1 is 0.576 bits per heavy atom. The molecule has 8 rings (SSSR count). The molecule has 0 amide bonds. The van der Waals surface area contributed by atoms with E-state index in [1.807, 2.05) is 103 Å². The molecule has 8 aromatic rings. The standard InChI is InChI=1S/C12H17N3O2S.C9H12N2O2S.C9H14O4.C8H5ClIN3S.C8H6IN3OS.C8H7N3OS.C7H16O3.C6H10O3.C5H13NO2.C4H6O3.C2H6N2S/c1-5-17-11(16)9-8-13-12(18-4)14-10(9)6-7-15(2)3;1-6-8(5-13-7(2)12)4-10-9(11-6)14-3;1-4-12-6-8(7(3)10)9(11)13-5-2;1-14-8-12-2-4-6(13-8)5(10)3-11-7(4)9;1-14-8-11-2-4-6(12-8)5(9)3-10-7(4)13;1-13-8-10-4-5-6(11-8)2-3-9-7(5)12;1-4-8-7(9-5-2)10-6-3;1-3-9-6(8)4-5(2)7;1-6(2)5(7-3)8-4;1-3(5)7-4(2)6;1-5-2(3)4/h6-8H,5H2,1-4H3;4H,5H2,1-3H3;6H,4-5H2,1-3H3;2-3H,1H3;2-3H,1H3,(H,10,13);2-4H,1H3,(H,9,12);7H,4-6H2,1-3H3;3-4H2,1-2H3;5H,1-4H3;1-2H3;1H3,(H3,3,4)/b7-6+;;8-6-;;;;;;;;. The summed E-state index contributed by atoms with van der Waals surface area (Å²) in [5, 5.41) is 12.4. The summed E-state index contributed by atoms with van der Waals surface area (Å²) >= 11 is 18.8. The van der Waals surface area contributed by atoms with E-state index in [1.165, 1.54) is 111 Å². The number of nitrogens with two attached hydrogens (primary N) is 1. The lowest BCUT2D eigenvalue weighted by Gasteiger charge is -2.19. The molecule has 0 saturated heterocycles. The minimum atomic E-state index is -0.636. The van der Waals surface area contributed by atoms with E-state index in [1.54, 1.807) is 104 Å². The van der Waals surface area contributed by atoms with Gasteiger partial charge in [0.1, 0.15) is 41.4 Å². The highest BCUT2D eigenvalue weighted by Crippen LogP contribution is 2.25. The van der Waals surface area contributed by atoms with Gasteiger partial charge in [-0.3, -0.25) is 48.7 Å². The van der Waals surface area contributed by atoms with Crippen molar-refractivity contribution in [2.45, 2.75) is 142 Å². The van der Waals surface area contributed by atoms with Crippen LogP contribution in [0.4, 0.5) is 0 Å². The number of methoxy groups -OCH3 is 2. The maximum atomic E-state index is 11.8. The predicted octanol–water partition coefficient (Wildman–Crippen LogP) is 12.6. The number of amidine groups is 1. The number of aromatic nitrogens is 13. The molecule has 0 fully saturated rings. The average molecular weight is 2110 g/mol. The molecule has 8 aromatic heterocycles. The van der Waals surface area contributed by atoms with Crippen LogP contribution in [0.25, 0.3) is 38.8 Å². The minimum Gasteiger partial charge on any atom is -0.500 e. The number of carbonyl (C=O) groups is 8. The number of H-pyrrole nitrogens is 2. The monoisotopic (exact) mass is 2100 g/mol. The Kier molecular flexibility index (Phi) is 70.4. The molecule has 0 unspecified atom stereocenters. The van der Waals surface area contributed by atoms with Crippen molar-refractivity contribution < 1.29 is 90.5 Å². The topological polar surface area (TPSA) is 502 Å². The Hall–Kier alpha value is -8.25. The molecule has 0 aliphatic carbocycles. The third-order valence-corrected chi connectivity index (χ3v) is 18.1. The van der Waals surface area contributed by atoms with Crippen LogP contribution in [0.15, 0.2) is 109 Å². The van der Waals surface area contributed by atoms with Gasteiger partial charge < -0.3 is 72.7 Å². The lowest BCUT2D eigenvalue weighted by Crippen LogP contribution is -2.30. The Morgan fingerprint density at radius 2 is 1.05 bits per heavy atom.